The Labute approximate surface area is 172 Å². The van der Waals surface area contributed by atoms with E-state index in [0.717, 1.165) is 22.6 Å². The molecule has 0 aliphatic heterocycles. The van der Waals surface area contributed by atoms with E-state index in [4.69, 9.17) is 14.0 Å². The summed E-state index contributed by atoms with van der Waals surface area (Å²) in [5.41, 5.74) is 2.47. The van der Waals surface area contributed by atoms with Crippen LogP contribution in [-0.2, 0) is 0 Å². The average Bonchev–Trinajstić information content (AvgIpc) is 3.30. The van der Waals surface area contributed by atoms with Crippen LogP contribution < -0.4 is 14.8 Å². The molecule has 8 heteroatoms. The quantitative estimate of drug-likeness (QED) is 0.519. The third-order valence-electron chi connectivity index (χ3n) is 4.41. The monoisotopic (exact) mass is 402 g/mol. The molecule has 4 aromatic rings. The van der Waals surface area contributed by atoms with Gasteiger partial charge in [-0.3, -0.25) is 4.79 Å². The van der Waals surface area contributed by atoms with Gasteiger partial charge in [0.1, 0.15) is 23.6 Å². The number of carbonyl (C=O) groups excluding carboxylic acids is 1. The van der Waals surface area contributed by atoms with E-state index in [2.05, 4.69) is 20.4 Å². The van der Waals surface area contributed by atoms with Crippen LogP contribution in [0.4, 0.5) is 5.82 Å². The van der Waals surface area contributed by atoms with Crippen molar-refractivity contribution in [3.63, 3.8) is 0 Å². The van der Waals surface area contributed by atoms with Gasteiger partial charge in [-0.2, -0.15) is 0 Å². The fourth-order valence-corrected chi connectivity index (χ4v) is 2.80. The molecule has 30 heavy (non-hydrogen) atoms. The second-order valence-corrected chi connectivity index (χ2v) is 6.28. The van der Waals surface area contributed by atoms with Crippen LogP contribution in [0.15, 0.2) is 71.5 Å². The molecule has 2 aromatic heterocycles. The van der Waals surface area contributed by atoms with Crippen molar-refractivity contribution < 1.29 is 18.8 Å². The molecule has 1 N–H and O–H groups in total. The molecule has 0 fully saturated rings. The lowest BCUT2D eigenvalue weighted by molar-refractivity contribution is 0.101. The lowest BCUT2D eigenvalue weighted by atomic mass is 10.1. The van der Waals surface area contributed by atoms with Gasteiger partial charge in [-0.1, -0.05) is 5.16 Å². The number of amides is 1. The lowest BCUT2D eigenvalue weighted by Gasteiger charge is -2.05. The van der Waals surface area contributed by atoms with Crippen LogP contribution in [0.5, 0.6) is 11.5 Å². The summed E-state index contributed by atoms with van der Waals surface area (Å²) < 4.78 is 15.6. The molecular formula is C22H18N4O4. The number of hydrogen-bond acceptors (Lipinski definition) is 7. The Morgan fingerprint density at radius 1 is 0.867 bits per heavy atom. The van der Waals surface area contributed by atoms with E-state index >= 15 is 0 Å². The van der Waals surface area contributed by atoms with E-state index < -0.39 is 5.91 Å². The first-order valence-electron chi connectivity index (χ1n) is 9.05. The van der Waals surface area contributed by atoms with Crippen molar-refractivity contribution >= 4 is 11.7 Å². The zero-order valence-electron chi connectivity index (χ0n) is 16.3. The van der Waals surface area contributed by atoms with Crippen LogP contribution in [0.1, 0.15) is 10.5 Å². The van der Waals surface area contributed by atoms with Crippen LogP contribution in [0, 0.1) is 0 Å². The largest absolute Gasteiger partial charge is 0.497 e. The van der Waals surface area contributed by atoms with Gasteiger partial charge in [-0.05, 0) is 48.5 Å². The lowest BCUT2D eigenvalue weighted by Crippen LogP contribution is -2.13. The molecule has 0 aliphatic carbocycles. The van der Waals surface area contributed by atoms with Gasteiger partial charge in [0.2, 0.25) is 0 Å². The second kappa shape index (κ2) is 8.44. The first kappa shape index (κ1) is 19.1. The molecule has 0 saturated carbocycles. The first-order valence-corrected chi connectivity index (χ1v) is 9.05. The maximum atomic E-state index is 12.6. The molecule has 4 rings (SSSR count). The second-order valence-electron chi connectivity index (χ2n) is 6.28. The van der Waals surface area contributed by atoms with Crippen LogP contribution in [-0.4, -0.2) is 35.3 Å². The van der Waals surface area contributed by atoms with E-state index in [1.54, 1.807) is 38.5 Å². The molecule has 1 amide bonds. The van der Waals surface area contributed by atoms with E-state index in [-0.39, 0.29) is 5.69 Å². The molecule has 8 nitrogen and oxygen atoms in total. The summed E-state index contributed by atoms with van der Waals surface area (Å²) in [6.45, 7) is 0. The normalized spacial score (nSPS) is 10.5. The molecule has 0 bridgehead atoms. The molecule has 0 atom stereocenters. The minimum absolute atomic E-state index is 0.144. The Kier molecular flexibility index (Phi) is 5.38. The third-order valence-corrected chi connectivity index (χ3v) is 4.41. The zero-order valence-corrected chi connectivity index (χ0v) is 16.3. The van der Waals surface area contributed by atoms with Crippen molar-refractivity contribution in [1.29, 1.82) is 0 Å². The van der Waals surface area contributed by atoms with Gasteiger partial charge in [0.15, 0.2) is 11.5 Å². The zero-order chi connectivity index (χ0) is 20.9. The third kappa shape index (κ3) is 4.12. The summed E-state index contributed by atoms with van der Waals surface area (Å²) in [7, 11) is 3.20. The molecular weight excluding hydrogens is 384 g/mol. The number of nitrogens with one attached hydrogen (secondary N) is 1. The molecule has 0 unspecified atom stereocenters. The van der Waals surface area contributed by atoms with Crippen LogP contribution in [0.25, 0.3) is 22.6 Å². The Morgan fingerprint density at radius 3 is 2.13 bits per heavy atom. The number of anilines is 1. The summed E-state index contributed by atoms with van der Waals surface area (Å²) in [4.78, 5) is 20.9. The number of aromatic nitrogens is 3. The molecule has 0 aliphatic rings. The van der Waals surface area contributed by atoms with Crippen molar-refractivity contribution in [2.24, 2.45) is 0 Å². The highest BCUT2D eigenvalue weighted by atomic mass is 16.5. The summed E-state index contributed by atoms with van der Waals surface area (Å²) in [5, 5.41) is 6.57. The SMILES string of the molecule is COc1ccc(-c2cc(NC(=O)c3cc(-c4ccc(OC)cc4)on3)ncn2)cc1. The minimum atomic E-state index is -0.433. The fourth-order valence-electron chi connectivity index (χ4n) is 2.80. The topological polar surface area (TPSA) is 99.4 Å². The standard InChI is InChI=1S/C22H18N4O4/c1-28-16-7-3-14(4-8-16)18-12-21(24-13-23-18)25-22(27)19-11-20(30-26-19)15-5-9-17(29-2)10-6-15/h3-13H,1-2H3,(H,23,24,25,27). The van der Waals surface area contributed by atoms with Gasteiger partial charge < -0.3 is 19.3 Å². The predicted octanol–water partition coefficient (Wildman–Crippen LogP) is 4.07. The summed E-state index contributed by atoms with van der Waals surface area (Å²) in [5.74, 6) is 1.88. The fraction of sp³-hybridized carbons (Fsp3) is 0.0909. The van der Waals surface area contributed by atoms with Crippen molar-refractivity contribution in [2.45, 2.75) is 0 Å². The predicted molar refractivity (Wildman–Crippen MR) is 110 cm³/mol. The number of methoxy groups -OCH3 is 2. The van der Waals surface area contributed by atoms with Gasteiger partial charge >= 0.3 is 0 Å². The average molecular weight is 402 g/mol. The molecule has 2 aromatic carbocycles. The maximum absolute atomic E-state index is 12.6. The van der Waals surface area contributed by atoms with E-state index in [0.29, 0.717) is 17.3 Å². The van der Waals surface area contributed by atoms with Gasteiger partial charge in [0.05, 0.1) is 19.9 Å². The summed E-state index contributed by atoms with van der Waals surface area (Å²) in [6, 6.07) is 18.0. The number of nitrogens with zero attached hydrogens (tertiary/aromatic N) is 3. The highest BCUT2D eigenvalue weighted by molar-refractivity contribution is 6.02. The minimum Gasteiger partial charge on any atom is -0.497 e. The molecule has 0 radical (unpaired) electrons. The van der Waals surface area contributed by atoms with Crippen LogP contribution >= 0.6 is 0 Å². The molecule has 0 saturated heterocycles. The Bertz CT molecular complexity index is 1150. The summed E-state index contributed by atoms with van der Waals surface area (Å²) >= 11 is 0. The van der Waals surface area contributed by atoms with Gasteiger partial charge in [-0.15, -0.1) is 0 Å². The number of ether oxygens (including phenoxy) is 2. The van der Waals surface area contributed by atoms with Gasteiger partial charge in [-0.25, -0.2) is 9.97 Å². The number of carbonyl (C=O) groups is 1. The summed E-state index contributed by atoms with van der Waals surface area (Å²) in [6.07, 6.45) is 1.39. The first-order chi connectivity index (χ1) is 14.7. The Hall–Kier alpha value is -4.20. The van der Waals surface area contributed by atoms with E-state index in [1.165, 1.54) is 6.33 Å². The van der Waals surface area contributed by atoms with Crippen molar-refractivity contribution in [1.82, 2.24) is 15.1 Å². The Balaban J connectivity index is 1.49. The van der Waals surface area contributed by atoms with Crippen molar-refractivity contribution in [2.75, 3.05) is 19.5 Å². The van der Waals surface area contributed by atoms with Crippen molar-refractivity contribution in [3.8, 4) is 34.1 Å². The maximum Gasteiger partial charge on any atom is 0.279 e. The molecule has 0 spiro atoms. The highest BCUT2D eigenvalue weighted by Gasteiger charge is 2.15. The molecule has 2 heterocycles. The van der Waals surface area contributed by atoms with E-state index in [1.807, 2.05) is 36.4 Å². The van der Waals surface area contributed by atoms with Crippen LogP contribution in [0.3, 0.4) is 0 Å². The van der Waals surface area contributed by atoms with Crippen molar-refractivity contribution in [3.05, 3.63) is 72.7 Å². The van der Waals surface area contributed by atoms with Crippen LogP contribution in [0.2, 0.25) is 0 Å². The Morgan fingerprint density at radius 2 is 1.50 bits per heavy atom. The van der Waals surface area contributed by atoms with Gasteiger partial charge in [0, 0.05) is 23.3 Å². The van der Waals surface area contributed by atoms with E-state index in [9.17, 15) is 4.79 Å². The highest BCUT2D eigenvalue weighted by Crippen LogP contribution is 2.24. The number of hydrogen-bond donors (Lipinski definition) is 1. The molecule has 150 valence electrons. The van der Waals surface area contributed by atoms with Gasteiger partial charge in [0.25, 0.3) is 5.91 Å². The smallest absolute Gasteiger partial charge is 0.279 e. The number of benzene rings is 2. The number of rotatable bonds is 6.